The molecule has 0 atom stereocenters. The van der Waals surface area contributed by atoms with Crippen LogP contribution in [0.1, 0.15) is 16.1 Å². The number of nitrogens with zero attached hydrogens (tertiary/aromatic N) is 3. The van der Waals surface area contributed by atoms with Gasteiger partial charge in [-0.25, -0.2) is 9.97 Å². The maximum Gasteiger partial charge on any atom is 0.270 e. The molecule has 0 bridgehead atoms. The number of rotatable bonds is 4. The zero-order chi connectivity index (χ0) is 13.8. The van der Waals surface area contributed by atoms with Crippen molar-refractivity contribution in [1.82, 2.24) is 9.97 Å². The highest BCUT2D eigenvalue weighted by atomic mass is 35.5. The number of nitro benzene ring substituents is 1. The normalized spacial score (nSPS) is 10.2. The van der Waals surface area contributed by atoms with Crippen LogP contribution in [0.2, 0.25) is 5.28 Å². The molecule has 0 fully saturated rings. The number of Topliss-reactive ketones (excluding diaryl/α,β-unsaturated/α-hetero) is 1. The molecule has 0 spiro atoms. The van der Waals surface area contributed by atoms with E-state index in [1.165, 1.54) is 30.5 Å². The number of non-ortho nitro benzene ring substituents is 1. The lowest BCUT2D eigenvalue weighted by atomic mass is 10.1. The quantitative estimate of drug-likeness (QED) is 0.371. The van der Waals surface area contributed by atoms with Gasteiger partial charge in [0, 0.05) is 23.9 Å². The maximum absolute atomic E-state index is 12.0. The van der Waals surface area contributed by atoms with Crippen LogP contribution in [0.15, 0.2) is 36.5 Å². The van der Waals surface area contributed by atoms with Gasteiger partial charge in [0.1, 0.15) is 0 Å². The van der Waals surface area contributed by atoms with Crippen molar-refractivity contribution < 1.29 is 9.72 Å². The number of hydrogen-bond acceptors (Lipinski definition) is 5. The number of hydrogen-bond donors (Lipinski definition) is 0. The van der Waals surface area contributed by atoms with Gasteiger partial charge in [-0.15, -0.1) is 0 Å². The van der Waals surface area contributed by atoms with Gasteiger partial charge in [0.2, 0.25) is 5.28 Å². The summed E-state index contributed by atoms with van der Waals surface area (Å²) in [7, 11) is 0. The predicted octanol–water partition coefficient (Wildman–Crippen LogP) is 2.46. The van der Waals surface area contributed by atoms with E-state index in [0.29, 0.717) is 5.69 Å². The number of halogens is 1. The molecule has 1 aromatic heterocycles. The van der Waals surface area contributed by atoms with Gasteiger partial charge in [0.05, 0.1) is 17.0 Å². The molecule has 6 nitrogen and oxygen atoms in total. The summed E-state index contributed by atoms with van der Waals surface area (Å²) >= 11 is 5.62. The average molecular weight is 278 g/mol. The summed E-state index contributed by atoms with van der Waals surface area (Å²) in [5.41, 5.74) is 0.618. The van der Waals surface area contributed by atoms with Crippen LogP contribution >= 0.6 is 11.6 Å². The fourth-order valence-electron chi connectivity index (χ4n) is 1.53. The minimum absolute atomic E-state index is 0.0173. The molecule has 2 rings (SSSR count). The third kappa shape index (κ3) is 3.32. The SMILES string of the molecule is O=C(Cc1ccnc(Cl)n1)c1cccc([N+](=O)[O-])c1. The first kappa shape index (κ1) is 13.1. The summed E-state index contributed by atoms with van der Waals surface area (Å²) in [6.07, 6.45) is 1.47. The van der Waals surface area contributed by atoms with Gasteiger partial charge in [-0.05, 0) is 17.7 Å². The van der Waals surface area contributed by atoms with Crippen LogP contribution in [0.25, 0.3) is 0 Å². The van der Waals surface area contributed by atoms with Gasteiger partial charge >= 0.3 is 0 Å². The lowest BCUT2D eigenvalue weighted by molar-refractivity contribution is -0.384. The fraction of sp³-hybridized carbons (Fsp3) is 0.0833. The van der Waals surface area contributed by atoms with E-state index in [4.69, 9.17) is 11.6 Å². The van der Waals surface area contributed by atoms with E-state index in [9.17, 15) is 14.9 Å². The van der Waals surface area contributed by atoms with Crippen molar-refractivity contribution in [1.29, 1.82) is 0 Å². The van der Waals surface area contributed by atoms with E-state index in [-0.39, 0.29) is 28.7 Å². The molecule has 19 heavy (non-hydrogen) atoms. The highest BCUT2D eigenvalue weighted by molar-refractivity contribution is 6.28. The summed E-state index contributed by atoms with van der Waals surface area (Å²) in [6.45, 7) is 0. The van der Waals surface area contributed by atoms with E-state index in [2.05, 4.69) is 9.97 Å². The first-order valence-electron chi connectivity index (χ1n) is 5.31. The van der Waals surface area contributed by atoms with E-state index in [1.54, 1.807) is 6.07 Å². The molecular weight excluding hydrogens is 270 g/mol. The molecule has 0 aliphatic carbocycles. The number of nitro groups is 1. The van der Waals surface area contributed by atoms with Crippen molar-refractivity contribution in [2.45, 2.75) is 6.42 Å². The Bertz CT molecular complexity index is 646. The van der Waals surface area contributed by atoms with Crippen LogP contribution in [-0.4, -0.2) is 20.7 Å². The predicted molar refractivity (Wildman–Crippen MR) is 68.2 cm³/mol. The minimum Gasteiger partial charge on any atom is -0.294 e. The molecule has 1 aromatic carbocycles. The molecule has 7 heteroatoms. The van der Waals surface area contributed by atoms with E-state index >= 15 is 0 Å². The molecule has 0 radical (unpaired) electrons. The fourth-order valence-corrected chi connectivity index (χ4v) is 1.69. The van der Waals surface area contributed by atoms with E-state index in [0.717, 1.165) is 0 Å². The van der Waals surface area contributed by atoms with Crippen molar-refractivity contribution in [2.75, 3.05) is 0 Å². The van der Waals surface area contributed by atoms with E-state index < -0.39 is 4.92 Å². The number of carbonyl (C=O) groups is 1. The number of aromatic nitrogens is 2. The van der Waals surface area contributed by atoms with Crippen LogP contribution in [-0.2, 0) is 6.42 Å². The number of ketones is 1. The van der Waals surface area contributed by atoms with Gasteiger partial charge < -0.3 is 0 Å². The summed E-state index contributed by atoms with van der Waals surface area (Å²) < 4.78 is 0. The lowest BCUT2D eigenvalue weighted by Crippen LogP contribution is -2.06. The molecule has 1 heterocycles. The number of benzene rings is 1. The molecular formula is C12H8ClN3O3. The second-order valence-corrected chi connectivity index (χ2v) is 4.06. The van der Waals surface area contributed by atoms with Crippen molar-refractivity contribution in [3.63, 3.8) is 0 Å². The van der Waals surface area contributed by atoms with Crippen LogP contribution in [0.4, 0.5) is 5.69 Å². The third-order valence-corrected chi connectivity index (χ3v) is 2.59. The van der Waals surface area contributed by atoms with Gasteiger partial charge in [-0.1, -0.05) is 12.1 Å². The van der Waals surface area contributed by atoms with Crippen molar-refractivity contribution >= 4 is 23.1 Å². The summed E-state index contributed by atoms with van der Waals surface area (Å²) in [5, 5.41) is 10.7. The second-order valence-electron chi connectivity index (χ2n) is 3.72. The van der Waals surface area contributed by atoms with Crippen molar-refractivity contribution in [3.8, 4) is 0 Å². The Hall–Kier alpha value is -2.34. The summed E-state index contributed by atoms with van der Waals surface area (Å²) in [5.74, 6) is -0.265. The Morgan fingerprint density at radius 3 is 2.84 bits per heavy atom. The zero-order valence-corrected chi connectivity index (χ0v) is 10.4. The standard InChI is InChI=1S/C12H8ClN3O3/c13-12-14-5-4-9(15-12)7-11(17)8-2-1-3-10(6-8)16(18)19/h1-6H,7H2. The molecule has 2 aromatic rings. The number of carbonyl (C=O) groups excluding carboxylic acids is 1. The smallest absolute Gasteiger partial charge is 0.270 e. The first-order valence-corrected chi connectivity index (χ1v) is 5.69. The first-order chi connectivity index (χ1) is 9.06. The van der Waals surface area contributed by atoms with Crippen LogP contribution in [0.3, 0.4) is 0 Å². The Morgan fingerprint density at radius 1 is 1.37 bits per heavy atom. The largest absolute Gasteiger partial charge is 0.294 e. The van der Waals surface area contributed by atoms with Crippen LogP contribution in [0.5, 0.6) is 0 Å². The second kappa shape index (κ2) is 5.53. The molecule has 0 amide bonds. The van der Waals surface area contributed by atoms with Gasteiger partial charge in [-0.2, -0.15) is 0 Å². The van der Waals surface area contributed by atoms with Crippen LogP contribution in [0, 0.1) is 10.1 Å². The third-order valence-electron chi connectivity index (χ3n) is 2.40. The summed E-state index contributed by atoms with van der Waals surface area (Å²) in [6, 6.07) is 7.14. The monoisotopic (exact) mass is 277 g/mol. The van der Waals surface area contributed by atoms with E-state index in [1.807, 2.05) is 0 Å². The van der Waals surface area contributed by atoms with Gasteiger partial charge in [0.15, 0.2) is 5.78 Å². The maximum atomic E-state index is 12.0. The average Bonchev–Trinajstić information content (AvgIpc) is 2.39. The molecule has 96 valence electrons. The zero-order valence-electron chi connectivity index (χ0n) is 9.62. The molecule has 0 N–H and O–H groups in total. The van der Waals surface area contributed by atoms with Crippen LogP contribution < -0.4 is 0 Å². The Morgan fingerprint density at radius 2 is 2.16 bits per heavy atom. The summed E-state index contributed by atoms with van der Waals surface area (Å²) in [4.78, 5) is 29.7. The molecule has 0 aliphatic rings. The molecule has 0 aliphatic heterocycles. The van der Waals surface area contributed by atoms with Gasteiger partial charge in [0.25, 0.3) is 5.69 Å². The molecule has 0 unspecified atom stereocenters. The Kier molecular flexibility index (Phi) is 3.82. The Labute approximate surface area is 113 Å². The lowest BCUT2D eigenvalue weighted by Gasteiger charge is -2.01. The topological polar surface area (TPSA) is 86.0 Å². The van der Waals surface area contributed by atoms with Crippen molar-refractivity contribution in [3.05, 3.63) is 63.2 Å². The highest BCUT2D eigenvalue weighted by Crippen LogP contribution is 2.15. The minimum atomic E-state index is -0.543. The van der Waals surface area contributed by atoms with Crippen molar-refractivity contribution in [2.24, 2.45) is 0 Å². The molecule has 0 saturated carbocycles. The Balaban J connectivity index is 2.20. The molecule has 0 saturated heterocycles. The van der Waals surface area contributed by atoms with Gasteiger partial charge in [-0.3, -0.25) is 14.9 Å². The highest BCUT2D eigenvalue weighted by Gasteiger charge is 2.12.